The van der Waals surface area contributed by atoms with Gasteiger partial charge in [-0.3, -0.25) is 0 Å². The van der Waals surface area contributed by atoms with Crippen LogP contribution in [0.3, 0.4) is 0 Å². The summed E-state index contributed by atoms with van der Waals surface area (Å²) in [6.07, 6.45) is 1.53. The number of tetrazole rings is 1. The van der Waals surface area contributed by atoms with Gasteiger partial charge in [-0.1, -0.05) is 0 Å². The highest BCUT2D eigenvalue weighted by Gasteiger charge is 2.06. The van der Waals surface area contributed by atoms with Crippen molar-refractivity contribution in [3.8, 4) is 6.07 Å². The summed E-state index contributed by atoms with van der Waals surface area (Å²) >= 11 is 0. The Kier molecular flexibility index (Phi) is 5.45. The number of aliphatic hydroxyl groups excluding tert-OH is 1. The molecule has 0 fully saturated rings. The molecule has 0 saturated carbocycles. The first-order valence-corrected chi connectivity index (χ1v) is 6.85. The minimum absolute atomic E-state index is 0.118. The smallest absolute Gasteiger partial charge is 0.216 e. The molecular formula is C14H17N7O. The Morgan fingerprint density at radius 1 is 1.45 bits per heavy atom. The molecule has 0 aliphatic carbocycles. The van der Waals surface area contributed by atoms with Gasteiger partial charge in [0, 0.05) is 30.7 Å². The van der Waals surface area contributed by atoms with Crippen molar-refractivity contribution in [2.75, 3.05) is 29.9 Å². The number of hydrogen-bond donors (Lipinski definition) is 3. The lowest BCUT2D eigenvalue weighted by Crippen LogP contribution is -2.25. The average Bonchev–Trinajstić information content (AvgIpc) is 3.08. The van der Waals surface area contributed by atoms with Crippen LogP contribution in [0.4, 0.5) is 11.4 Å². The quantitative estimate of drug-likeness (QED) is 0.653. The molecule has 0 amide bonds. The fourth-order valence-corrected chi connectivity index (χ4v) is 1.94. The number of anilines is 2. The van der Waals surface area contributed by atoms with Gasteiger partial charge in [0.25, 0.3) is 0 Å². The maximum atomic E-state index is 9.07. The molecule has 1 heterocycles. The number of aliphatic hydroxyl groups is 1. The van der Waals surface area contributed by atoms with E-state index < -0.39 is 0 Å². The molecule has 0 bridgehead atoms. The van der Waals surface area contributed by atoms with E-state index in [0.29, 0.717) is 6.54 Å². The molecule has 1 aromatic carbocycles. The van der Waals surface area contributed by atoms with Crippen LogP contribution < -0.4 is 10.2 Å². The van der Waals surface area contributed by atoms with E-state index in [0.717, 1.165) is 17.9 Å². The summed E-state index contributed by atoms with van der Waals surface area (Å²) in [5.74, 6) is 0.242. The molecule has 8 heteroatoms. The van der Waals surface area contributed by atoms with Crippen molar-refractivity contribution in [2.45, 2.75) is 6.92 Å². The zero-order valence-electron chi connectivity index (χ0n) is 12.2. The highest BCUT2D eigenvalue weighted by atomic mass is 16.3. The molecule has 0 radical (unpaired) electrons. The SMILES string of the molecule is CCN(CCO)c1ccc(NC=C(C#N)c2nn[nH]n2)cc1. The largest absolute Gasteiger partial charge is 0.395 e. The third-order valence-corrected chi connectivity index (χ3v) is 3.07. The fraction of sp³-hybridized carbons (Fsp3) is 0.286. The van der Waals surface area contributed by atoms with Gasteiger partial charge in [-0.25, -0.2) is 0 Å². The summed E-state index contributed by atoms with van der Waals surface area (Å²) in [6, 6.07) is 9.72. The Labute approximate surface area is 128 Å². The lowest BCUT2D eigenvalue weighted by molar-refractivity contribution is 0.302. The molecule has 2 aromatic rings. The number of nitrogens with zero attached hydrogens (tertiary/aromatic N) is 5. The number of aromatic nitrogens is 4. The molecule has 0 saturated heterocycles. The maximum Gasteiger partial charge on any atom is 0.216 e. The van der Waals surface area contributed by atoms with Crippen LogP contribution in [0.1, 0.15) is 12.7 Å². The van der Waals surface area contributed by atoms with Gasteiger partial charge >= 0.3 is 0 Å². The van der Waals surface area contributed by atoms with Crippen molar-refractivity contribution in [1.29, 1.82) is 5.26 Å². The average molecular weight is 299 g/mol. The molecule has 0 atom stereocenters. The highest BCUT2D eigenvalue weighted by Crippen LogP contribution is 2.18. The van der Waals surface area contributed by atoms with E-state index >= 15 is 0 Å². The number of allylic oxidation sites excluding steroid dienone is 1. The minimum Gasteiger partial charge on any atom is -0.395 e. The molecule has 3 N–H and O–H groups in total. The molecule has 114 valence electrons. The zero-order valence-corrected chi connectivity index (χ0v) is 12.2. The number of likely N-dealkylation sites (N-methyl/N-ethyl adjacent to an activating group) is 1. The van der Waals surface area contributed by atoms with Crippen LogP contribution in [-0.4, -0.2) is 45.4 Å². The Bertz CT molecular complexity index is 643. The zero-order chi connectivity index (χ0) is 15.8. The molecular weight excluding hydrogens is 282 g/mol. The Morgan fingerprint density at radius 3 is 2.77 bits per heavy atom. The molecule has 0 aliphatic heterocycles. The van der Waals surface area contributed by atoms with Crippen molar-refractivity contribution in [1.82, 2.24) is 20.6 Å². The Morgan fingerprint density at radius 2 is 2.23 bits per heavy atom. The topological polar surface area (TPSA) is 114 Å². The number of nitrogens with one attached hydrogen (secondary N) is 2. The minimum atomic E-state index is 0.118. The summed E-state index contributed by atoms with van der Waals surface area (Å²) in [5, 5.41) is 34.4. The first kappa shape index (κ1) is 15.5. The Balaban J connectivity index is 2.07. The van der Waals surface area contributed by atoms with Crippen molar-refractivity contribution < 1.29 is 5.11 Å². The van der Waals surface area contributed by atoms with Crippen LogP contribution >= 0.6 is 0 Å². The van der Waals surface area contributed by atoms with E-state index in [1.807, 2.05) is 37.3 Å². The third kappa shape index (κ3) is 3.80. The number of aromatic amines is 1. The summed E-state index contributed by atoms with van der Waals surface area (Å²) in [5.41, 5.74) is 2.15. The van der Waals surface area contributed by atoms with Crippen LogP contribution in [0.25, 0.3) is 5.57 Å². The molecule has 1 aromatic heterocycles. The second kappa shape index (κ2) is 7.75. The summed E-state index contributed by atoms with van der Waals surface area (Å²) in [7, 11) is 0. The van der Waals surface area contributed by atoms with Gasteiger partial charge in [0.1, 0.15) is 11.6 Å². The lowest BCUT2D eigenvalue weighted by atomic mass is 10.2. The lowest BCUT2D eigenvalue weighted by Gasteiger charge is -2.22. The Hall–Kier alpha value is -2.92. The van der Waals surface area contributed by atoms with Crippen molar-refractivity contribution in [3.63, 3.8) is 0 Å². The molecule has 8 nitrogen and oxygen atoms in total. The first-order chi connectivity index (χ1) is 10.8. The number of benzene rings is 1. The number of hydrogen-bond acceptors (Lipinski definition) is 7. The molecule has 0 aliphatic rings. The van der Waals surface area contributed by atoms with Gasteiger partial charge in [0.15, 0.2) is 0 Å². The summed E-state index contributed by atoms with van der Waals surface area (Å²) in [6.45, 7) is 3.57. The van der Waals surface area contributed by atoms with Crippen molar-refractivity contribution >= 4 is 16.9 Å². The van der Waals surface area contributed by atoms with Gasteiger partial charge in [0.2, 0.25) is 5.82 Å². The highest BCUT2D eigenvalue weighted by molar-refractivity contribution is 5.74. The van der Waals surface area contributed by atoms with Crippen LogP contribution in [-0.2, 0) is 0 Å². The van der Waals surface area contributed by atoms with E-state index in [1.165, 1.54) is 6.20 Å². The first-order valence-electron chi connectivity index (χ1n) is 6.85. The van der Waals surface area contributed by atoms with Crippen LogP contribution in [0.5, 0.6) is 0 Å². The van der Waals surface area contributed by atoms with Gasteiger partial charge in [-0.05, 0) is 36.4 Å². The van der Waals surface area contributed by atoms with Crippen LogP contribution in [0, 0.1) is 11.3 Å². The standard InChI is InChI=1S/C14H17N7O/c1-2-21(7-8-22)13-5-3-12(4-6-13)16-10-11(9-15)14-17-19-20-18-14/h3-6,10,16,22H,2,7-8H2,1H3,(H,17,18,19,20). The second-order valence-electron chi connectivity index (χ2n) is 4.40. The van der Waals surface area contributed by atoms with Crippen LogP contribution in [0.2, 0.25) is 0 Å². The van der Waals surface area contributed by atoms with E-state index in [9.17, 15) is 0 Å². The van der Waals surface area contributed by atoms with E-state index in [-0.39, 0.29) is 18.0 Å². The van der Waals surface area contributed by atoms with Crippen molar-refractivity contribution in [2.24, 2.45) is 0 Å². The fourth-order valence-electron chi connectivity index (χ4n) is 1.94. The predicted octanol–water partition coefficient (Wildman–Crippen LogP) is 0.995. The second-order valence-corrected chi connectivity index (χ2v) is 4.40. The van der Waals surface area contributed by atoms with Gasteiger partial charge < -0.3 is 15.3 Å². The molecule has 0 spiro atoms. The van der Waals surface area contributed by atoms with Gasteiger partial charge in [0.05, 0.1) is 6.61 Å². The van der Waals surface area contributed by atoms with E-state index in [4.69, 9.17) is 10.4 Å². The van der Waals surface area contributed by atoms with E-state index in [2.05, 4.69) is 30.8 Å². The van der Waals surface area contributed by atoms with E-state index in [1.54, 1.807) is 0 Å². The predicted molar refractivity (Wildman–Crippen MR) is 82.8 cm³/mol. The van der Waals surface area contributed by atoms with Gasteiger partial charge in [-0.15, -0.1) is 10.2 Å². The summed E-state index contributed by atoms with van der Waals surface area (Å²) < 4.78 is 0. The van der Waals surface area contributed by atoms with Crippen molar-refractivity contribution in [3.05, 3.63) is 36.3 Å². The number of rotatable bonds is 7. The number of H-pyrrole nitrogens is 1. The third-order valence-electron chi connectivity index (χ3n) is 3.07. The molecule has 22 heavy (non-hydrogen) atoms. The molecule has 2 rings (SSSR count). The van der Waals surface area contributed by atoms with Gasteiger partial charge in [-0.2, -0.15) is 10.5 Å². The maximum absolute atomic E-state index is 9.07. The van der Waals surface area contributed by atoms with Crippen LogP contribution in [0.15, 0.2) is 30.5 Å². The monoisotopic (exact) mass is 299 g/mol. The number of nitriles is 1. The normalized spacial score (nSPS) is 11.0. The summed E-state index contributed by atoms with van der Waals surface area (Å²) in [4.78, 5) is 2.07. The molecule has 0 unspecified atom stereocenters.